The van der Waals surface area contributed by atoms with Crippen LogP contribution in [0.4, 0.5) is 4.79 Å². The molecule has 1 fully saturated rings. The fourth-order valence-electron chi connectivity index (χ4n) is 2.50. The molecule has 2 amide bonds. The minimum absolute atomic E-state index is 0.0552. The van der Waals surface area contributed by atoms with Gasteiger partial charge in [-0.1, -0.05) is 13.3 Å². The van der Waals surface area contributed by atoms with Crippen LogP contribution < -0.4 is 10.6 Å². The van der Waals surface area contributed by atoms with E-state index in [2.05, 4.69) is 10.6 Å². The number of ether oxygens (including phenoxy) is 1. The Morgan fingerprint density at radius 2 is 2.11 bits per heavy atom. The van der Waals surface area contributed by atoms with Crippen molar-refractivity contribution in [2.24, 2.45) is 17.8 Å². The van der Waals surface area contributed by atoms with E-state index in [1.54, 1.807) is 7.11 Å². The number of urea groups is 1. The zero-order valence-corrected chi connectivity index (χ0v) is 11.6. The van der Waals surface area contributed by atoms with E-state index in [-0.39, 0.29) is 23.8 Å². The van der Waals surface area contributed by atoms with E-state index in [9.17, 15) is 9.59 Å². The molecule has 19 heavy (non-hydrogen) atoms. The average Bonchev–Trinajstić information content (AvgIpc) is 2.82. The number of rotatable bonds is 7. The van der Waals surface area contributed by atoms with Gasteiger partial charge in [0.15, 0.2) is 0 Å². The average molecular weight is 272 g/mol. The molecule has 1 aliphatic rings. The van der Waals surface area contributed by atoms with E-state index in [0.717, 1.165) is 12.8 Å². The van der Waals surface area contributed by atoms with Gasteiger partial charge in [-0.3, -0.25) is 4.79 Å². The first-order chi connectivity index (χ1) is 9.04. The maximum absolute atomic E-state index is 11.6. The summed E-state index contributed by atoms with van der Waals surface area (Å²) in [6.07, 6.45) is 2.52. The van der Waals surface area contributed by atoms with Crippen LogP contribution in [-0.2, 0) is 9.53 Å². The molecule has 0 aromatic heterocycles. The summed E-state index contributed by atoms with van der Waals surface area (Å²) in [5.74, 6) is -0.750. The summed E-state index contributed by atoms with van der Waals surface area (Å²) in [5, 5.41) is 14.6. The van der Waals surface area contributed by atoms with Gasteiger partial charge in [-0.05, 0) is 24.7 Å². The van der Waals surface area contributed by atoms with Gasteiger partial charge in [-0.25, -0.2) is 4.79 Å². The number of carboxylic acids is 1. The Labute approximate surface area is 113 Å². The molecule has 0 radical (unpaired) electrons. The molecular formula is C13H24N2O4. The molecule has 3 atom stereocenters. The fraction of sp³-hybridized carbons (Fsp3) is 0.846. The van der Waals surface area contributed by atoms with Crippen LogP contribution in [0.15, 0.2) is 0 Å². The Balaban J connectivity index is 2.21. The number of hydrogen-bond acceptors (Lipinski definition) is 3. The van der Waals surface area contributed by atoms with Crippen molar-refractivity contribution in [2.75, 3.05) is 26.8 Å². The van der Waals surface area contributed by atoms with Crippen LogP contribution in [0.1, 0.15) is 26.2 Å². The van der Waals surface area contributed by atoms with E-state index >= 15 is 0 Å². The number of amides is 2. The summed E-state index contributed by atoms with van der Waals surface area (Å²) in [5.41, 5.74) is 0. The van der Waals surface area contributed by atoms with Gasteiger partial charge in [0, 0.05) is 20.2 Å². The number of carbonyl (C=O) groups is 2. The lowest BCUT2D eigenvalue weighted by atomic mass is 9.96. The molecule has 1 saturated carbocycles. The van der Waals surface area contributed by atoms with Crippen molar-refractivity contribution in [3.8, 4) is 0 Å². The minimum Gasteiger partial charge on any atom is -0.481 e. The van der Waals surface area contributed by atoms with Crippen LogP contribution >= 0.6 is 0 Å². The zero-order valence-electron chi connectivity index (χ0n) is 11.6. The SMILES string of the molecule is COCC(C)CNC(=O)NCC1CCCC1C(=O)O. The molecule has 0 bridgehead atoms. The Morgan fingerprint density at radius 1 is 1.37 bits per heavy atom. The van der Waals surface area contributed by atoms with E-state index in [1.165, 1.54) is 0 Å². The lowest BCUT2D eigenvalue weighted by Gasteiger charge is -2.17. The zero-order chi connectivity index (χ0) is 14.3. The number of carbonyl (C=O) groups excluding carboxylic acids is 1. The number of carboxylic acid groups (broad SMARTS) is 1. The van der Waals surface area contributed by atoms with Crippen molar-refractivity contribution in [3.63, 3.8) is 0 Å². The van der Waals surface area contributed by atoms with Crippen LogP contribution in [0.5, 0.6) is 0 Å². The first kappa shape index (κ1) is 15.8. The van der Waals surface area contributed by atoms with Crippen molar-refractivity contribution in [3.05, 3.63) is 0 Å². The van der Waals surface area contributed by atoms with Crippen molar-refractivity contribution in [1.82, 2.24) is 10.6 Å². The quantitative estimate of drug-likeness (QED) is 0.647. The van der Waals surface area contributed by atoms with Gasteiger partial charge in [0.25, 0.3) is 0 Å². The highest BCUT2D eigenvalue weighted by Gasteiger charge is 2.32. The lowest BCUT2D eigenvalue weighted by molar-refractivity contribution is -0.142. The smallest absolute Gasteiger partial charge is 0.314 e. The first-order valence-electron chi connectivity index (χ1n) is 6.78. The van der Waals surface area contributed by atoms with Crippen LogP contribution in [0.3, 0.4) is 0 Å². The molecule has 0 saturated heterocycles. The summed E-state index contributed by atoms with van der Waals surface area (Å²) in [7, 11) is 1.63. The number of methoxy groups -OCH3 is 1. The summed E-state index contributed by atoms with van der Waals surface area (Å²) >= 11 is 0. The topological polar surface area (TPSA) is 87.7 Å². The van der Waals surface area contributed by atoms with Gasteiger partial charge in [-0.15, -0.1) is 0 Å². The summed E-state index contributed by atoms with van der Waals surface area (Å²) < 4.78 is 4.98. The molecular weight excluding hydrogens is 248 g/mol. The monoisotopic (exact) mass is 272 g/mol. The molecule has 3 N–H and O–H groups in total. The second kappa shape index (κ2) is 7.99. The molecule has 0 aliphatic heterocycles. The van der Waals surface area contributed by atoms with E-state index in [4.69, 9.17) is 9.84 Å². The van der Waals surface area contributed by atoms with Gasteiger partial charge in [-0.2, -0.15) is 0 Å². The summed E-state index contributed by atoms with van der Waals surface area (Å²) in [6, 6.07) is -0.237. The van der Waals surface area contributed by atoms with E-state index < -0.39 is 5.97 Å². The van der Waals surface area contributed by atoms with Gasteiger partial charge in [0.05, 0.1) is 12.5 Å². The van der Waals surface area contributed by atoms with Crippen LogP contribution in [0.2, 0.25) is 0 Å². The maximum Gasteiger partial charge on any atom is 0.314 e. The molecule has 0 aromatic rings. The van der Waals surface area contributed by atoms with E-state index in [1.807, 2.05) is 6.92 Å². The molecule has 1 aliphatic carbocycles. The third-order valence-electron chi connectivity index (χ3n) is 3.56. The van der Waals surface area contributed by atoms with Gasteiger partial charge in [0.2, 0.25) is 0 Å². The minimum atomic E-state index is -0.751. The largest absolute Gasteiger partial charge is 0.481 e. The highest BCUT2D eigenvalue weighted by atomic mass is 16.5. The Bertz CT molecular complexity index is 309. The number of nitrogens with one attached hydrogen (secondary N) is 2. The van der Waals surface area contributed by atoms with Crippen LogP contribution in [-0.4, -0.2) is 43.9 Å². The molecule has 6 heteroatoms. The normalized spacial score (nSPS) is 23.9. The molecule has 6 nitrogen and oxygen atoms in total. The van der Waals surface area contributed by atoms with Crippen molar-refractivity contribution in [1.29, 1.82) is 0 Å². The van der Waals surface area contributed by atoms with Gasteiger partial charge in [0.1, 0.15) is 0 Å². The molecule has 1 rings (SSSR count). The Hall–Kier alpha value is -1.30. The second-order valence-corrected chi connectivity index (χ2v) is 5.29. The van der Waals surface area contributed by atoms with Gasteiger partial charge >= 0.3 is 12.0 Å². The Kier molecular flexibility index (Phi) is 6.62. The molecule has 0 spiro atoms. The molecule has 110 valence electrons. The molecule has 0 aromatic carbocycles. The third kappa shape index (κ3) is 5.46. The lowest BCUT2D eigenvalue weighted by Crippen LogP contribution is -2.41. The second-order valence-electron chi connectivity index (χ2n) is 5.29. The number of hydrogen-bond donors (Lipinski definition) is 3. The summed E-state index contributed by atoms with van der Waals surface area (Å²) in [4.78, 5) is 22.6. The highest BCUT2D eigenvalue weighted by molar-refractivity contribution is 5.74. The maximum atomic E-state index is 11.6. The predicted molar refractivity (Wildman–Crippen MR) is 70.9 cm³/mol. The summed E-state index contributed by atoms with van der Waals surface area (Å²) in [6.45, 7) is 3.57. The van der Waals surface area contributed by atoms with Crippen molar-refractivity contribution in [2.45, 2.75) is 26.2 Å². The first-order valence-corrected chi connectivity index (χ1v) is 6.78. The van der Waals surface area contributed by atoms with Crippen molar-refractivity contribution < 1.29 is 19.4 Å². The highest BCUT2D eigenvalue weighted by Crippen LogP contribution is 2.31. The van der Waals surface area contributed by atoms with Crippen LogP contribution in [0.25, 0.3) is 0 Å². The van der Waals surface area contributed by atoms with Gasteiger partial charge < -0.3 is 20.5 Å². The Morgan fingerprint density at radius 3 is 2.74 bits per heavy atom. The standard InChI is InChI=1S/C13H24N2O4/c1-9(8-19-2)6-14-13(18)15-7-10-4-3-5-11(10)12(16)17/h9-11H,3-8H2,1-2H3,(H,16,17)(H2,14,15,18). The van der Waals surface area contributed by atoms with E-state index in [0.29, 0.717) is 26.1 Å². The number of aliphatic carboxylic acids is 1. The third-order valence-corrected chi connectivity index (χ3v) is 3.56. The molecule has 0 heterocycles. The predicted octanol–water partition coefficient (Wildman–Crippen LogP) is 1.07. The fourth-order valence-corrected chi connectivity index (χ4v) is 2.50. The van der Waals surface area contributed by atoms with Crippen molar-refractivity contribution >= 4 is 12.0 Å². The molecule has 3 unspecified atom stereocenters. The van der Waals surface area contributed by atoms with Crippen LogP contribution in [0, 0.1) is 17.8 Å².